The number of aromatic nitrogens is 3. The molecule has 1 aliphatic heterocycles. The minimum atomic E-state index is 0.00797. The van der Waals surface area contributed by atoms with Gasteiger partial charge in [-0.3, -0.25) is 14.6 Å². The number of nitrogens with one attached hydrogen (secondary N) is 2. The van der Waals surface area contributed by atoms with Gasteiger partial charge < -0.3 is 15.2 Å². The molecule has 7 nitrogen and oxygen atoms in total. The number of fused-ring (bicyclic) bond motifs is 2. The van der Waals surface area contributed by atoms with Crippen LogP contribution in [0.4, 0.5) is 0 Å². The lowest BCUT2D eigenvalue weighted by atomic mass is 9.94. The number of H-pyrrole nitrogens is 1. The van der Waals surface area contributed by atoms with Gasteiger partial charge in [0.1, 0.15) is 5.82 Å². The highest BCUT2D eigenvalue weighted by Gasteiger charge is 2.24. The molecule has 4 heterocycles. The highest BCUT2D eigenvalue weighted by Crippen LogP contribution is 2.25. The fraction of sp³-hybridized carbons (Fsp3) is 0.308. The summed E-state index contributed by atoms with van der Waals surface area (Å²) >= 11 is 1.60. The Labute approximate surface area is 202 Å². The summed E-state index contributed by atoms with van der Waals surface area (Å²) < 4.78 is 0. The Hall–Kier alpha value is -3.52. The van der Waals surface area contributed by atoms with Crippen molar-refractivity contribution < 1.29 is 9.59 Å². The fourth-order valence-corrected chi connectivity index (χ4v) is 5.17. The van der Waals surface area contributed by atoms with E-state index in [-0.39, 0.29) is 11.8 Å². The number of benzene rings is 1. The highest BCUT2D eigenvalue weighted by molar-refractivity contribution is 7.08. The smallest absolute Gasteiger partial charge is 0.224 e. The monoisotopic (exact) mass is 473 g/mol. The fourth-order valence-electron chi connectivity index (χ4n) is 4.50. The number of rotatable bonds is 7. The Kier molecular flexibility index (Phi) is 6.40. The van der Waals surface area contributed by atoms with E-state index in [1.165, 1.54) is 5.56 Å². The Morgan fingerprint density at radius 1 is 1.24 bits per heavy atom. The molecule has 0 unspecified atom stereocenters. The molecule has 0 aliphatic carbocycles. The van der Waals surface area contributed by atoms with Crippen LogP contribution < -0.4 is 5.32 Å². The molecule has 0 saturated carbocycles. The summed E-state index contributed by atoms with van der Waals surface area (Å²) in [5, 5.41) is 7.02. The van der Waals surface area contributed by atoms with Gasteiger partial charge in [0.15, 0.2) is 0 Å². The van der Waals surface area contributed by atoms with E-state index in [4.69, 9.17) is 0 Å². The number of para-hydroxylation sites is 2. The number of carbonyl (C=O) groups is 2. The molecule has 0 radical (unpaired) electrons. The SMILES string of the molecule is Cc1ncc2c(c1CNC(=O)Cc1ccsc1)CCN(C(=O)CCc1nc3ccccc3[nH]1)C2. The van der Waals surface area contributed by atoms with Gasteiger partial charge in [0.2, 0.25) is 11.8 Å². The lowest BCUT2D eigenvalue weighted by molar-refractivity contribution is -0.132. The summed E-state index contributed by atoms with van der Waals surface area (Å²) in [5.41, 5.74) is 7.23. The molecule has 2 N–H and O–H groups in total. The first-order valence-corrected chi connectivity index (χ1v) is 12.5. The molecule has 34 heavy (non-hydrogen) atoms. The Bertz CT molecular complexity index is 1300. The molecule has 3 aromatic heterocycles. The van der Waals surface area contributed by atoms with Crippen LogP contribution in [0.15, 0.2) is 47.3 Å². The van der Waals surface area contributed by atoms with E-state index in [1.54, 1.807) is 11.3 Å². The van der Waals surface area contributed by atoms with Crippen LogP contribution in [-0.2, 0) is 41.9 Å². The van der Waals surface area contributed by atoms with E-state index in [0.29, 0.717) is 38.9 Å². The quantitative estimate of drug-likeness (QED) is 0.428. The van der Waals surface area contributed by atoms with Gasteiger partial charge in [0.05, 0.1) is 17.5 Å². The van der Waals surface area contributed by atoms with Crippen LogP contribution in [0.3, 0.4) is 0 Å². The maximum absolute atomic E-state index is 12.9. The van der Waals surface area contributed by atoms with E-state index in [2.05, 4.69) is 20.3 Å². The molecule has 0 bridgehead atoms. The normalized spacial score (nSPS) is 13.1. The third-order valence-electron chi connectivity index (χ3n) is 6.37. The average molecular weight is 474 g/mol. The van der Waals surface area contributed by atoms with Crippen molar-refractivity contribution in [2.24, 2.45) is 0 Å². The summed E-state index contributed by atoms with van der Waals surface area (Å²) in [4.78, 5) is 39.6. The Morgan fingerprint density at radius 2 is 2.12 bits per heavy atom. The van der Waals surface area contributed by atoms with Crippen molar-refractivity contribution in [3.63, 3.8) is 0 Å². The maximum Gasteiger partial charge on any atom is 0.224 e. The zero-order valence-corrected chi connectivity index (χ0v) is 20.0. The van der Waals surface area contributed by atoms with Crippen molar-refractivity contribution in [1.82, 2.24) is 25.2 Å². The summed E-state index contributed by atoms with van der Waals surface area (Å²) in [6.45, 7) is 3.67. The second-order valence-corrected chi connectivity index (χ2v) is 9.46. The van der Waals surface area contributed by atoms with Crippen LogP contribution in [-0.4, -0.2) is 38.2 Å². The Morgan fingerprint density at radius 3 is 2.94 bits per heavy atom. The van der Waals surface area contributed by atoms with Crippen molar-refractivity contribution in [2.45, 2.75) is 45.7 Å². The van der Waals surface area contributed by atoms with Gasteiger partial charge in [-0.25, -0.2) is 4.98 Å². The van der Waals surface area contributed by atoms with Gasteiger partial charge in [0, 0.05) is 44.4 Å². The van der Waals surface area contributed by atoms with E-state index in [1.807, 2.05) is 59.1 Å². The van der Waals surface area contributed by atoms with E-state index < -0.39 is 0 Å². The van der Waals surface area contributed by atoms with Crippen molar-refractivity contribution in [1.29, 1.82) is 0 Å². The summed E-state index contributed by atoms with van der Waals surface area (Å²) in [5.74, 6) is 0.968. The first kappa shape index (κ1) is 22.3. The minimum absolute atomic E-state index is 0.00797. The van der Waals surface area contributed by atoms with Crippen LogP contribution >= 0.6 is 11.3 Å². The number of aryl methyl sites for hydroxylation is 2. The summed E-state index contributed by atoms with van der Waals surface area (Å²) in [6, 6.07) is 9.87. The number of aromatic amines is 1. The largest absolute Gasteiger partial charge is 0.352 e. The lowest BCUT2D eigenvalue weighted by Crippen LogP contribution is -2.37. The molecule has 1 aliphatic rings. The number of thiophene rings is 1. The highest BCUT2D eigenvalue weighted by atomic mass is 32.1. The molecule has 174 valence electrons. The predicted octanol–water partition coefficient (Wildman–Crippen LogP) is 3.70. The zero-order chi connectivity index (χ0) is 23.5. The Balaban J connectivity index is 1.20. The van der Waals surface area contributed by atoms with Crippen molar-refractivity contribution in [3.8, 4) is 0 Å². The van der Waals surface area contributed by atoms with Gasteiger partial charge >= 0.3 is 0 Å². The number of hydrogen-bond acceptors (Lipinski definition) is 5. The zero-order valence-electron chi connectivity index (χ0n) is 19.1. The first-order chi connectivity index (χ1) is 16.6. The molecule has 0 atom stereocenters. The third kappa shape index (κ3) is 4.87. The average Bonchev–Trinajstić information content (AvgIpc) is 3.51. The van der Waals surface area contributed by atoms with Crippen LogP contribution in [0.1, 0.15) is 40.2 Å². The molecule has 1 aromatic carbocycles. The predicted molar refractivity (Wildman–Crippen MR) is 132 cm³/mol. The molecule has 2 amide bonds. The van der Waals surface area contributed by atoms with Gasteiger partial charge in [0.25, 0.3) is 0 Å². The van der Waals surface area contributed by atoms with Crippen molar-refractivity contribution in [3.05, 3.63) is 81.1 Å². The van der Waals surface area contributed by atoms with E-state index in [9.17, 15) is 9.59 Å². The van der Waals surface area contributed by atoms with Crippen molar-refractivity contribution in [2.75, 3.05) is 6.54 Å². The second kappa shape index (κ2) is 9.77. The topological polar surface area (TPSA) is 91.0 Å². The molecular formula is C26H27N5O2S. The minimum Gasteiger partial charge on any atom is -0.352 e. The number of imidazole rings is 1. The van der Waals surface area contributed by atoms with E-state index in [0.717, 1.165) is 45.7 Å². The number of pyridine rings is 1. The van der Waals surface area contributed by atoms with Gasteiger partial charge in [-0.2, -0.15) is 11.3 Å². The molecule has 8 heteroatoms. The molecule has 4 aromatic rings. The standard InChI is InChI=1S/C26H27N5O2S/c1-17-21(14-28-25(32)12-18-9-11-34-16-18)20-8-10-31(15-19(20)13-27-17)26(33)7-6-24-29-22-4-2-3-5-23(22)30-24/h2-5,9,11,13,16H,6-8,10,12,14-15H2,1H3,(H,28,32)(H,29,30). The summed E-state index contributed by atoms with van der Waals surface area (Å²) in [7, 11) is 0. The number of hydrogen-bond donors (Lipinski definition) is 2. The number of amides is 2. The second-order valence-electron chi connectivity index (χ2n) is 8.68. The van der Waals surface area contributed by atoms with Crippen molar-refractivity contribution >= 4 is 34.2 Å². The lowest BCUT2D eigenvalue weighted by Gasteiger charge is -2.30. The van der Waals surface area contributed by atoms with Gasteiger partial charge in [-0.15, -0.1) is 0 Å². The van der Waals surface area contributed by atoms with E-state index >= 15 is 0 Å². The van der Waals surface area contributed by atoms with Crippen LogP contribution in [0, 0.1) is 6.92 Å². The summed E-state index contributed by atoms with van der Waals surface area (Å²) in [6.07, 6.45) is 4.04. The first-order valence-electron chi connectivity index (χ1n) is 11.5. The van der Waals surface area contributed by atoms with Crippen LogP contribution in [0.5, 0.6) is 0 Å². The van der Waals surface area contributed by atoms with Gasteiger partial charge in [-0.05, 0) is 64.6 Å². The van der Waals surface area contributed by atoms with Crippen LogP contribution in [0.2, 0.25) is 0 Å². The molecule has 0 fully saturated rings. The molecule has 0 spiro atoms. The molecule has 5 rings (SSSR count). The molecular weight excluding hydrogens is 446 g/mol. The number of nitrogens with zero attached hydrogens (tertiary/aromatic N) is 3. The van der Waals surface area contributed by atoms with Crippen LogP contribution in [0.25, 0.3) is 11.0 Å². The van der Waals surface area contributed by atoms with Gasteiger partial charge in [-0.1, -0.05) is 12.1 Å². The third-order valence-corrected chi connectivity index (χ3v) is 7.10. The maximum atomic E-state index is 12.9. The number of carbonyl (C=O) groups excluding carboxylic acids is 2. The molecule has 0 saturated heterocycles.